The highest BCUT2D eigenvalue weighted by Gasteiger charge is 2.19. The predicted octanol–water partition coefficient (Wildman–Crippen LogP) is 4.24. The summed E-state index contributed by atoms with van der Waals surface area (Å²) in [5.41, 5.74) is 11.9. The number of esters is 1. The van der Waals surface area contributed by atoms with Gasteiger partial charge in [0, 0.05) is 19.5 Å². The smallest absolute Gasteiger partial charge is 0.338 e. The lowest BCUT2D eigenvalue weighted by Crippen LogP contribution is -2.35. The zero-order valence-corrected chi connectivity index (χ0v) is 19.5. The predicted molar refractivity (Wildman–Crippen MR) is 121 cm³/mol. The molecule has 0 spiro atoms. The number of anilines is 1. The van der Waals surface area contributed by atoms with E-state index >= 15 is 0 Å². The molecule has 0 unspecified atom stereocenters. The van der Waals surface area contributed by atoms with Gasteiger partial charge in [0.1, 0.15) is 11.6 Å². The monoisotopic (exact) mass is 429 g/mol. The van der Waals surface area contributed by atoms with Crippen molar-refractivity contribution in [2.24, 2.45) is 0 Å². The van der Waals surface area contributed by atoms with Gasteiger partial charge in [-0.1, -0.05) is 36.8 Å². The minimum absolute atomic E-state index is 0.242. The van der Waals surface area contributed by atoms with Gasteiger partial charge in [0.05, 0.1) is 22.6 Å². The molecule has 2 N–H and O–H groups in total. The van der Waals surface area contributed by atoms with Gasteiger partial charge in [0.2, 0.25) is 5.51 Å². The third-order valence-corrected chi connectivity index (χ3v) is 6.22. The number of nitrogen functional groups attached to an aromatic ring is 1. The Bertz CT molecular complexity index is 931. The second-order valence-electron chi connectivity index (χ2n) is 7.19. The van der Waals surface area contributed by atoms with Crippen LogP contribution in [-0.4, -0.2) is 22.5 Å². The topological polar surface area (TPSA) is 82.0 Å². The summed E-state index contributed by atoms with van der Waals surface area (Å²) in [5.74, 6) is 0.938. The molecule has 0 aliphatic rings. The lowest BCUT2D eigenvalue weighted by molar-refractivity contribution is -0.689. The van der Waals surface area contributed by atoms with Crippen LogP contribution in [0.2, 0.25) is 0 Å². The zero-order chi connectivity index (χ0) is 22.1. The Morgan fingerprint density at radius 3 is 2.70 bits per heavy atom. The van der Waals surface area contributed by atoms with E-state index in [2.05, 4.69) is 33.9 Å². The summed E-state index contributed by atoms with van der Waals surface area (Å²) in [6.07, 6.45) is 9.39. The van der Waals surface area contributed by atoms with Crippen molar-refractivity contribution >= 4 is 23.1 Å². The lowest BCUT2D eigenvalue weighted by atomic mass is 10.00. The summed E-state index contributed by atoms with van der Waals surface area (Å²) in [6, 6.07) is 0. The number of carbonyl (C=O) groups is 1. The number of aryl methyl sites for hydroxylation is 1. The molecule has 0 saturated carbocycles. The minimum Gasteiger partial charge on any atom is -0.462 e. The number of carbonyl (C=O) groups excluding carboxylic acids is 1. The third kappa shape index (κ3) is 6.23. The van der Waals surface area contributed by atoms with Crippen LogP contribution in [0.3, 0.4) is 0 Å². The SMILES string of the molecule is CC=C(CCCC)C(=CC)C(=O)OCCc1sc[n+](Cc2cnc(C)nc2N)c1C. The zero-order valence-electron chi connectivity index (χ0n) is 18.7. The molecule has 2 aromatic heterocycles. The molecule has 0 aliphatic carbocycles. The molecule has 2 rings (SSSR count). The van der Waals surface area contributed by atoms with E-state index in [1.807, 2.05) is 32.9 Å². The van der Waals surface area contributed by atoms with Gasteiger partial charge in [-0.2, -0.15) is 4.57 Å². The molecule has 2 aromatic rings. The van der Waals surface area contributed by atoms with Crippen LogP contribution in [0.1, 0.15) is 62.0 Å². The van der Waals surface area contributed by atoms with Gasteiger partial charge >= 0.3 is 5.97 Å². The number of nitrogens with two attached hydrogens (primary N) is 1. The molecule has 2 heterocycles. The maximum absolute atomic E-state index is 12.6. The van der Waals surface area contributed by atoms with Gasteiger partial charge in [-0.15, -0.1) is 0 Å². The van der Waals surface area contributed by atoms with Crippen molar-refractivity contribution in [3.05, 3.63) is 57.0 Å². The van der Waals surface area contributed by atoms with Crippen molar-refractivity contribution < 1.29 is 14.1 Å². The largest absolute Gasteiger partial charge is 0.462 e. The Balaban J connectivity index is 1.96. The maximum Gasteiger partial charge on any atom is 0.338 e. The number of thiazole rings is 1. The summed E-state index contributed by atoms with van der Waals surface area (Å²) < 4.78 is 7.72. The van der Waals surface area contributed by atoms with E-state index in [4.69, 9.17) is 10.5 Å². The summed E-state index contributed by atoms with van der Waals surface area (Å²) in [4.78, 5) is 22.2. The molecule has 0 amide bonds. The second kappa shape index (κ2) is 11.6. The van der Waals surface area contributed by atoms with Gasteiger partial charge in [-0.3, -0.25) is 0 Å². The van der Waals surface area contributed by atoms with Crippen molar-refractivity contribution in [1.29, 1.82) is 0 Å². The van der Waals surface area contributed by atoms with Crippen molar-refractivity contribution in [2.45, 2.75) is 66.8 Å². The second-order valence-corrected chi connectivity index (χ2v) is 8.13. The number of rotatable bonds is 10. The van der Waals surface area contributed by atoms with E-state index < -0.39 is 0 Å². The Morgan fingerprint density at radius 2 is 2.07 bits per heavy atom. The highest BCUT2D eigenvalue weighted by atomic mass is 32.1. The van der Waals surface area contributed by atoms with Gasteiger partial charge in [0.15, 0.2) is 12.2 Å². The summed E-state index contributed by atoms with van der Waals surface area (Å²) in [5, 5.41) is 0. The fraction of sp³-hybridized carbons (Fsp3) is 0.478. The Labute approximate surface area is 183 Å². The van der Waals surface area contributed by atoms with Crippen LogP contribution in [0.15, 0.2) is 35.0 Å². The van der Waals surface area contributed by atoms with Crippen LogP contribution < -0.4 is 10.3 Å². The number of ether oxygens (including phenoxy) is 1. The number of unbranched alkanes of at least 4 members (excludes halogenated alkanes) is 1. The van der Waals surface area contributed by atoms with E-state index in [0.29, 0.717) is 36.8 Å². The summed E-state index contributed by atoms with van der Waals surface area (Å²) in [7, 11) is 0. The standard InChI is InChI=1S/C23H33N4O2S/c1-6-9-10-18(7-2)20(8-3)23(28)29-12-11-21-16(4)27(15-30-21)14-19-13-25-17(5)26-22(19)24/h7-8,13,15H,6,9-12,14H2,1-5H3,(H2,24,25,26)/q+1. The first-order valence-corrected chi connectivity index (χ1v) is 11.3. The fourth-order valence-electron chi connectivity index (χ4n) is 3.22. The minimum atomic E-state index is -0.242. The Hall–Kier alpha value is -2.54. The van der Waals surface area contributed by atoms with Crippen molar-refractivity contribution in [3.63, 3.8) is 0 Å². The van der Waals surface area contributed by atoms with E-state index in [1.165, 1.54) is 4.88 Å². The van der Waals surface area contributed by atoms with Gasteiger partial charge < -0.3 is 10.5 Å². The van der Waals surface area contributed by atoms with Crippen molar-refractivity contribution in [1.82, 2.24) is 9.97 Å². The molecule has 0 radical (unpaired) electrons. The van der Waals surface area contributed by atoms with Crippen LogP contribution in [0.5, 0.6) is 0 Å². The quantitative estimate of drug-likeness (QED) is 0.264. The van der Waals surface area contributed by atoms with E-state index in [0.717, 1.165) is 36.1 Å². The average Bonchev–Trinajstić information content (AvgIpc) is 3.06. The molecular formula is C23H33N4O2S+. The van der Waals surface area contributed by atoms with E-state index in [9.17, 15) is 4.79 Å². The van der Waals surface area contributed by atoms with E-state index in [1.54, 1.807) is 17.5 Å². The molecule has 30 heavy (non-hydrogen) atoms. The number of allylic oxidation sites excluding steroid dienone is 2. The molecule has 0 atom stereocenters. The van der Waals surface area contributed by atoms with Crippen LogP contribution in [0.25, 0.3) is 0 Å². The van der Waals surface area contributed by atoms with Gasteiger partial charge in [0.25, 0.3) is 0 Å². The molecule has 6 nitrogen and oxygen atoms in total. The lowest BCUT2D eigenvalue weighted by Gasteiger charge is -2.11. The van der Waals surface area contributed by atoms with Crippen molar-refractivity contribution in [3.8, 4) is 0 Å². The average molecular weight is 430 g/mol. The Morgan fingerprint density at radius 1 is 1.30 bits per heavy atom. The molecule has 162 valence electrons. The highest BCUT2D eigenvalue weighted by molar-refractivity contribution is 7.09. The van der Waals surface area contributed by atoms with Crippen LogP contribution >= 0.6 is 11.3 Å². The number of nitrogens with zero attached hydrogens (tertiary/aromatic N) is 3. The molecule has 0 aliphatic heterocycles. The maximum atomic E-state index is 12.6. The normalized spacial score (nSPS) is 12.3. The molecule has 7 heteroatoms. The van der Waals surface area contributed by atoms with Crippen LogP contribution in [0.4, 0.5) is 5.82 Å². The summed E-state index contributed by atoms with van der Waals surface area (Å²) >= 11 is 1.66. The fourth-order valence-corrected chi connectivity index (χ4v) is 4.19. The molecule has 0 bridgehead atoms. The van der Waals surface area contributed by atoms with E-state index in [-0.39, 0.29) is 5.97 Å². The highest BCUT2D eigenvalue weighted by Crippen LogP contribution is 2.19. The molecular weight excluding hydrogens is 396 g/mol. The number of aromatic nitrogens is 3. The van der Waals surface area contributed by atoms with Gasteiger partial charge in [-0.25, -0.2) is 14.8 Å². The summed E-state index contributed by atoms with van der Waals surface area (Å²) in [6.45, 7) is 10.9. The molecule has 0 aromatic carbocycles. The van der Waals surface area contributed by atoms with Gasteiger partial charge in [-0.05, 0) is 39.2 Å². The first-order valence-electron chi connectivity index (χ1n) is 10.4. The third-order valence-electron chi connectivity index (χ3n) is 5.08. The van der Waals surface area contributed by atoms with Crippen molar-refractivity contribution in [2.75, 3.05) is 12.3 Å². The molecule has 0 fully saturated rings. The molecule has 0 saturated heterocycles. The number of hydrogen-bond donors (Lipinski definition) is 1. The van der Waals surface area contributed by atoms with Crippen LogP contribution in [-0.2, 0) is 22.5 Å². The number of hydrogen-bond acceptors (Lipinski definition) is 6. The first-order chi connectivity index (χ1) is 14.4. The Kier molecular flexibility index (Phi) is 9.17. The van der Waals surface area contributed by atoms with Crippen LogP contribution in [0, 0.1) is 13.8 Å². The first kappa shape index (κ1) is 23.7.